The molecule has 1 unspecified atom stereocenters. The van der Waals surface area contributed by atoms with E-state index in [4.69, 9.17) is 27.9 Å². The smallest absolute Gasteiger partial charge is 0.0740 e. The van der Waals surface area contributed by atoms with E-state index in [9.17, 15) is 0 Å². The van der Waals surface area contributed by atoms with Crippen molar-refractivity contribution in [3.63, 3.8) is 0 Å². The number of hydrogen-bond donors (Lipinski definition) is 1. The van der Waals surface area contributed by atoms with E-state index < -0.39 is 0 Å². The molecule has 15 heavy (non-hydrogen) atoms. The van der Waals surface area contributed by atoms with Crippen molar-refractivity contribution in [3.05, 3.63) is 33.8 Å². The topological polar surface area (TPSA) is 21.3 Å². The zero-order chi connectivity index (χ0) is 10.7. The van der Waals surface area contributed by atoms with Gasteiger partial charge in [-0.05, 0) is 11.6 Å². The van der Waals surface area contributed by atoms with Crippen molar-refractivity contribution < 1.29 is 4.74 Å². The normalized spacial score (nSPS) is 21.6. The number of hydrogen-bond acceptors (Lipinski definition) is 2. The minimum absolute atomic E-state index is 0.203. The molecule has 0 aliphatic carbocycles. The first-order valence-corrected chi connectivity index (χ1v) is 5.78. The predicted octanol–water partition coefficient (Wildman–Crippen LogP) is 2.52. The lowest BCUT2D eigenvalue weighted by atomic mass is 10.1. The van der Waals surface area contributed by atoms with Crippen molar-refractivity contribution in [2.45, 2.75) is 12.5 Å². The van der Waals surface area contributed by atoms with Crippen molar-refractivity contribution >= 4 is 23.2 Å². The van der Waals surface area contributed by atoms with Crippen molar-refractivity contribution in [1.29, 1.82) is 0 Å². The van der Waals surface area contributed by atoms with Gasteiger partial charge in [0.1, 0.15) is 0 Å². The fourth-order valence-electron chi connectivity index (χ4n) is 1.70. The largest absolute Gasteiger partial charge is 0.375 e. The van der Waals surface area contributed by atoms with Gasteiger partial charge in [0.05, 0.1) is 22.8 Å². The highest BCUT2D eigenvalue weighted by Crippen LogP contribution is 2.26. The summed E-state index contributed by atoms with van der Waals surface area (Å²) in [6, 6.07) is 5.71. The van der Waals surface area contributed by atoms with E-state index in [0.717, 1.165) is 31.7 Å². The molecule has 1 aliphatic heterocycles. The minimum Gasteiger partial charge on any atom is -0.375 e. The standard InChI is InChI=1S/C11H13Cl2NO/c12-10-3-1-2-8(11(10)13)6-9-7-14-4-5-15-9/h1-3,9,14H,4-7H2. The second-order valence-electron chi connectivity index (χ2n) is 3.61. The zero-order valence-corrected chi connectivity index (χ0v) is 9.81. The molecule has 1 heterocycles. The van der Waals surface area contributed by atoms with Crippen LogP contribution < -0.4 is 5.32 Å². The predicted molar refractivity (Wildman–Crippen MR) is 62.8 cm³/mol. The van der Waals surface area contributed by atoms with Gasteiger partial charge >= 0.3 is 0 Å². The summed E-state index contributed by atoms with van der Waals surface area (Å²) in [6.07, 6.45) is 1.02. The van der Waals surface area contributed by atoms with Gasteiger partial charge in [-0.1, -0.05) is 35.3 Å². The molecule has 0 amide bonds. The molecular weight excluding hydrogens is 233 g/mol. The molecule has 0 saturated carbocycles. The van der Waals surface area contributed by atoms with Crippen LogP contribution in [0.25, 0.3) is 0 Å². The number of benzene rings is 1. The highest BCUT2D eigenvalue weighted by Gasteiger charge is 2.15. The third kappa shape index (κ3) is 2.85. The molecule has 1 aromatic carbocycles. The van der Waals surface area contributed by atoms with Crippen molar-refractivity contribution in [2.75, 3.05) is 19.7 Å². The average Bonchev–Trinajstić information content (AvgIpc) is 2.26. The van der Waals surface area contributed by atoms with Gasteiger partial charge in [0.15, 0.2) is 0 Å². The third-order valence-corrected chi connectivity index (χ3v) is 3.34. The van der Waals surface area contributed by atoms with E-state index in [1.165, 1.54) is 0 Å². The maximum atomic E-state index is 6.10. The van der Waals surface area contributed by atoms with Crippen LogP contribution in [0.5, 0.6) is 0 Å². The molecule has 1 fully saturated rings. The van der Waals surface area contributed by atoms with Crippen LogP contribution in [0, 0.1) is 0 Å². The van der Waals surface area contributed by atoms with Crippen LogP contribution in [0.15, 0.2) is 18.2 Å². The second-order valence-corrected chi connectivity index (χ2v) is 4.40. The van der Waals surface area contributed by atoms with Crippen LogP contribution >= 0.6 is 23.2 Å². The van der Waals surface area contributed by atoms with Crippen LogP contribution in [0.4, 0.5) is 0 Å². The fourth-order valence-corrected chi connectivity index (χ4v) is 2.10. The number of halogens is 2. The molecule has 2 rings (SSSR count). The summed E-state index contributed by atoms with van der Waals surface area (Å²) in [7, 11) is 0. The van der Waals surface area contributed by atoms with Crippen LogP contribution in [-0.2, 0) is 11.2 Å². The molecule has 0 radical (unpaired) electrons. The van der Waals surface area contributed by atoms with Gasteiger partial charge in [0.2, 0.25) is 0 Å². The summed E-state index contributed by atoms with van der Waals surface area (Å²) < 4.78 is 5.61. The molecule has 4 heteroatoms. The summed E-state index contributed by atoms with van der Waals surface area (Å²) in [5.41, 5.74) is 1.05. The lowest BCUT2D eigenvalue weighted by molar-refractivity contribution is 0.0292. The minimum atomic E-state index is 0.203. The Morgan fingerprint density at radius 2 is 2.27 bits per heavy atom. The summed E-state index contributed by atoms with van der Waals surface area (Å²) >= 11 is 12.0. The Balaban J connectivity index is 2.06. The van der Waals surface area contributed by atoms with E-state index in [1.807, 2.05) is 12.1 Å². The van der Waals surface area contributed by atoms with E-state index in [2.05, 4.69) is 5.32 Å². The summed E-state index contributed by atoms with van der Waals surface area (Å²) in [6.45, 7) is 2.57. The van der Waals surface area contributed by atoms with Gasteiger partial charge in [-0.15, -0.1) is 0 Å². The first-order valence-electron chi connectivity index (χ1n) is 5.02. The highest BCUT2D eigenvalue weighted by molar-refractivity contribution is 6.42. The lowest BCUT2D eigenvalue weighted by Crippen LogP contribution is -2.39. The Bertz CT molecular complexity index is 337. The molecule has 1 aliphatic rings. The molecule has 0 aromatic heterocycles. The molecule has 1 aromatic rings. The fraction of sp³-hybridized carbons (Fsp3) is 0.455. The lowest BCUT2D eigenvalue weighted by Gasteiger charge is -2.24. The van der Waals surface area contributed by atoms with Gasteiger partial charge in [-0.25, -0.2) is 0 Å². The van der Waals surface area contributed by atoms with Crippen molar-refractivity contribution in [3.8, 4) is 0 Å². The zero-order valence-electron chi connectivity index (χ0n) is 8.30. The van der Waals surface area contributed by atoms with Gasteiger partial charge in [-0.2, -0.15) is 0 Å². The summed E-state index contributed by atoms with van der Waals surface area (Å²) in [5.74, 6) is 0. The van der Waals surface area contributed by atoms with Crippen LogP contribution in [0.1, 0.15) is 5.56 Å². The number of ether oxygens (including phenoxy) is 1. The third-order valence-electron chi connectivity index (χ3n) is 2.48. The summed E-state index contributed by atoms with van der Waals surface area (Å²) in [4.78, 5) is 0. The Morgan fingerprint density at radius 3 is 3.00 bits per heavy atom. The summed E-state index contributed by atoms with van der Waals surface area (Å²) in [5, 5.41) is 4.54. The van der Waals surface area contributed by atoms with E-state index in [-0.39, 0.29) is 6.10 Å². The SMILES string of the molecule is Clc1cccc(CC2CNCCO2)c1Cl. The van der Waals surface area contributed by atoms with E-state index in [1.54, 1.807) is 6.07 Å². The van der Waals surface area contributed by atoms with Crippen molar-refractivity contribution in [1.82, 2.24) is 5.32 Å². The monoisotopic (exact) mass is 245 g/mol. The first kappa shape index (κ1) is 11.2. The van der Waals surface area contributed by atoms with Crippen molar-refractivity contribution in [2.24, 2.45) is 0 Å². The molecule has 1 saturated heterocycles. The van der Waals surface area contributed by atoms with E-state index in [0.29, 0.717) is 10.0 Å². The quantitative estimate of drug-likeness (QED) is 0.865. The second kappa shape index (κ2) is 5.17. The van der Waals surface area contributed by atoms with Gasteiger partial charge in [-0.3, -0.25) is 0 Å². The van der Waals surface area contributed by atoms with Gasteiger partial charge in [0.25, 0.3) is 0 Å². The molecule has 1 atom stereocenters. The highest BCUT2D eigenvalue weighted by atomic mass is 35.5. The molecule has 2 nitrogen and oxygen atoms in total. The Hall–Kier alpha value is -0.280. The Morgan fingerprint density at radius 1 is 1.40 bits per heavy atom. The Kier molecular flexibility index (Phi) is 3.87. The maximum Gasteiger partial charge on any atom is 0.0740 e. The molecular formula is C11H13Cl2NO. The molecule has 0 spiro atoms. The molecule has 0 bridgehead atoms. The number of rotatable bonds is 2. The van der Waals surface area contributed by atoms with Gasteiger partial charge in [0, 0.05) is 19.5 Å². The van der Waals surface area contributed by atoms with E-state index >= 15 is 0 Å². The van der Waals surface area contributed by atoms with Crippen LogP contribution in [0.3, 0.4) is 0 Å². The van der Waals surface area contributed by atoms with Crippen LogP contribution in [-0.4, -0.2) is 25.8 Å². The number of nitrogens with one attached hydrogen (secondary N) is 1. The molecule has 1 N–H and O–H groups in total. The molecule has 82 valence electrons. The maximum absolute atomic E-state index is 6.10. The first-order chi connectivity index (χ1) is 7.27. The van der Waals surface area contributed by atoms with Crippen LogP contribution in [0.2, 0.25) is 10.0 Å². The average molecular weight is 246 g/mol. The number of morpholine rings is 1. The Labute approximate surface area is 99.5 Å². The van der Waals surface area contributed by atoms with Gasteiger partial charge < -0.3 is 10.1 Å².